The van der Waals surface area contributed by atoms with Crippen LogP contribution in [0.3, 0.4) is 0 Å². The highest BCUT2D eigenvalue weighted by Gasteiger charge is 2.33. The first kappa shape index (κ1) is 8.84. The maximum absolute atomic E-state index is 10.0. The summed E-state index contributed by atoms with van der Waals surface area (Å²) >= 11 is 2.79. The van der Waals surface area contributed by atoms with Gasteiger partial charge in [0.25, 0.3) is 0 Å². The van der Waals surface area contributed by atoms with Crippen LogP contribution in [0.25, 0.3) is 0 Å². The highest BCUT2D eigenvalue weighted by atomic mass is 79.9. The van der Waals surface area contributed by atoms with Gasteiger partial charge in [-0.15, -0.1) is 0 Å². The predicted octanol–water partition coefficient (Wildman–Crippen LogP) is 1.37. The van der Waals surface area contributed by atoms with Gasteiger partial charge >= 0.3 is 4.63 Å². The maximum atomic E-state index is 10.0. The standard InChI is InChI=1S/C4H8BrNO3/c1-3-9-4(2,5)6(7)8/h3H2,1-2H3. The van der Waals surface area contributed by atoms with Crippen LogP contribution in [0.4, 0.5) is 0 Å². The Morgan fingerprint density at radius 3 is 2.44 bits per heavy atom. The minimum atomic E-state index is -1.41. The van der Waals surface area contributed by atoms with Gasteiger partial charge in [-0.05, 0) is 6.92 Å². The molecule has 1 atom stereocenters. The molecule has 0 fully saturated rings. The molecule has 0 amide bonds. The Kier molecular flexibility index (Phi) is 3.07. The van der Waals surface area contributed by atoms with Crippen molar-refractivity contribution in [3.8, 4) is 0 Å². The number of hydrogen-bond acceptors (Lipinski definition) is 3. The fraction of sp³-hybridized carbons (Fsp3) is 1.00. The average Bonchev–Trinajstić information content (AvgIpc) is 1.65. The van der Waals surface area contributed by atoms with Gasteiger partial charge in [-0.25, -0.2) is 0 Å². The number of hydrogen-bond donors (Lipinski definition) is 0. The molecule has 0 heterocycles. The summed E-state index contributed by atoms with van der Waals surface area (Å²) in [5, 5.41) is 10.0. The van der Waals surface area contributed by atoms with Gasteiger partial charge < -0.3 is 4.74 Å². The summed E-state index contributed by atoms with van der Waals surface area (Å²) in [7, 11) is 0. The van der Waals surface area contributed by atoms with E-state index in [1.807, 2.05) is 0 Å². The van der Waals surface area contributed by atoms with Crippen LogP contribution in [0.5, 0.6) is 0 Å². The summed E-state index contributed by atoms with van der Waals surface area (Å²) in [6, 6.07) is 0. The molecular formula is C4H8BrNO3. The molecule has 0 rings (SSSR count). The summed E-state index contributed by atoms with van der Waals surface area (Å²) in [5.74, 6) is 0. The molecule has 0 bridgehead atoms. The van der Waals surface area contributed by atoms with Crippen molar-refractivity contribution < 1.29 is 9.66 Å². The minimum Gasteiger partial charge on any atom is -0.306 e. The highest BCUT2D eigenvalue weighted by Crippen LogP contribution is 2.18. The molecule has 0 aliphatic heterocycles. The van der Waals surface area contributed by atoms with E-state index in [0.29, 0.717) is 6.61 Å². The molecular weight excluding hydrogens is 190 g/mol. The fourth-order valence-corrected chi connectivity index (χ4v) is 0.545. The minimum absolute atomic E-state index is 0.322. The number of ether oxygens (including phenoxy) is 1. The Morgan fingerprint density at radius 2 is 2.33 bits per heavy atom. The number of alkyl halides is 1. The Balaban J connectivity index is 3.85. The quantitative estimate of drug-likeness (QED) is 0.226. The second kappa shape index (κ2) is 3.12. The van der Waals surface area contributed by atoms with Crippen LogP contribution in [-0.2, 0) is 4.74 Å². The Bertz CT molecular complexity index is 114. The van der Waals surface area contributed by atoms with Crippen molar-refractivity contribution >= 4 is 15.9 Å². The predicted molar refractivity (Wildman–Crippen MR) is 36.0 cm³/mol. The second-order valence-electron chi connectivity index (χ2n) is 1.56. The summed E-state index contributed by atoms with van der Waals surface area (Å²) in [5.41, 5.74) is 0. The zero-order valence-electron chi connectivity index (χ0n) is 5.26. The van der Waals surface area contributed by atoms with E-state index in [9.17, 15) is 10.1 Å². The van der Waals surface area contributed by atoms with Gasteiger partial charge in [-0.2, -0.15) is 0 Å². The largest absolute Gasteiger partial charge is 0.377 e. The normalized spacial score (nSPS) is 16.8. The number of nitro groups is 1. The lowest BCUT2D eigenvalue weighted by molar-refractivity contribution is -0.585. The lowest BCUT2D eigenvalue weighted by Crippen LogP contribution is -2.30. The van der Waals surface area contributed by atoms with Crippen LogP contribution in [0.15, 0.2) is 0 Å². The Labute approximate surface area is 61.5 Å². The lowest BCUT2D eigenvalue weighted by atomic mass is 10.7. The van der Waals surface area contributed by atoms with Crippen LogP contribution in [0.2, 0.25) is 0 Å². The third kappa shape index (κ3) is 2.76. The van der Waals surface area contributed by atoms with Crippen molar-refractivity contribution in [3.05, 3.63) is 10.1 Å². The summed E-state index contributed by atoms with van der Waals surface area (Å²) in [6.07, 6.45) is 0. The van der Waals surface area contributed by atoms with Crippen molar-refractivity contribution in [2.24, 2.45) is 0 Å². The molecule has 0 aromatic rings. The summed E-state index contributed by atoms with van der Waals surface area (Å²) in [6.45, 7) is 3.36. The van der Waals surface area contributed by atoms with Gasteiger partial charge in [0.1, 0.15) is 0 Å². The van der Waals surface area contributed by atoms with E-state index >= 15 is 0 Å². The smallest absolute Gasteiger partial charge is 0.306 e. The van der Waals surface area contributed by atoms with Gasteiger partial charge in [-0.3, -0.25) is 10.1 Å². The molecule has 0 aliphatic rings. The molecule has 0 saturated carbocycles. The molecule has 4 nitrogen and oxygen atoms in total. The van der Waals surface area contributed by atoms with Gasteiger partial charge in [0.2, 0.25) is 0 Å². The third-order valence-corrected chi connectivity index (χ3v) is 1.25. The molecule has 0 aromatic carbocycles. The topological polar surface area (TPSA) is 52.4 Å². The fourth-order valence-electron chi connectivity index (χ4n) is 0.316. The lowest BCUT2D eigenvalue weighted by Gasteiger charge is -2.11. The number of rotatable bonds is 3. The van der Waals surface area contributed by atoms with Crippen LogP contribution in [-0.4, -0.2) is 16.2 Å². The van der Waals surface area contributed by atoms with Crippen molar-refractivity contribution in [1.29, 1.82) is 0 Å². The highest BCUT2D eigenvalue weighted by molar-refractivity contribution is 9.09. The van der Waals surface area contributed by atoms with Gasteiger partial charge in [0.05, 0.1) is 11.5 Å². The van der Waals surface area contributed by atoms with E-state index in [-0.39, 0.29) is 0 Å². The Hall–Kier alpha value is -0.160. The van der Waals surface area contributed by atoms with E-state index in [1.165, 1.54) is 6.92 Å². The van der Waals surface area contributed by atoms with E-state index in [4.69, 9.17) is 4.74 Å². The molecule has 0 saturated heterocycles. The van der Waals surface area contributed by atoms with E-state index < -0.39 is 9.56 Å². The van der Waals surface area contributed by atoms with Crippen LogP contribution in [0.1, 0.15) is 13.8 Å². The molecule has 0 N–H and O–H groups in total. The molecule has 0 radical (unpaired) electrons. The first-order valence-corrected chi connectivity index (χ1v) is 3.27. The molecule has 0 aromatic heterocycles. The summed E-state index contributed by atoms with van der Waals surface area (Å²) in [4.78, 5) is 9.51. The molecule has 9 heavy (non-hydrogen) atoms. The molecule has 1 unspecified atom stereocenters. The first-order valence-electron chi connectivity index (χ1n) is 2.48. The number of halogens is 1. The maximum Gasteiger partial charge on any atom is 0.377 e. The van der Waals surface area contributed by atoms with E-state index in [2.05, 4.69) is 15.9 Å². The summed E-state index contributed by atoms with van der Waals surface area (Å²) < 4.78 is 3.29. The third-order valence-electron chi connectivity index (χ3n) is 0.734. The van der Waals surface area contributed by atoms with Crippen LogP contribution in [0, 0.1) is 10.1 Å². The van der Waals surface area contributed by atoms with Gasteiger partial charge in [0.15, 0.2) is 0 Å². The van der Waals surface area contributed by atoms with Crippen molar-refractivity contribution in [1.82, 2.24) is 0 Å². The van der Waals surface area contributed by atoms with Crippen LogP contribution < -0.4 is 0 Å². The number of nitrogens with zero attached hydrogens (tertiary/aromatic N) is 1. The van der Waals surface area contributed by atoms with Gasteiger partial charge in [0, 0.05) is 22.9 Å². The zero-order valence-corrected chi connectivity index (χ0v) is 6.84. The van der Waals surface area contributed by atoms with Crippen molar-refractivity contribution in [2.45, 2.75) is 18.5 Å². The molecule has 0 spiro atoms. The van der Waals surface area contributed by atoms with Gasteiger partial charge in [-0.1, -0.05) is 0 Å². The zero-order chi connectivity index (χ0) is 7.49. The average molecular weight is 198 g/mol. The van der Waals surface area contributed by atoms with E-state index in [0.717, 1.165) is 0 Å². The van der Waals surface area contributed by atoms with E-state index in [1.54, 1.807) is 6.92 Å². The van der Waals surface area contributed by atoms with Crippen molar-refractivity contribution in [2.75, 3.05) is 6.61 Å². The monoisotopic (exact) mass is 197 g/mol. The first-order chi connectivity index (χ1) is 4.00. The second-order valence-corrected chi connectivity index (χ2v) is 3.03. The molecule has 0 aliphatic carbocycles. The van der Waals surface area contributed by atoms with Crippen LogP contribution >= 0.6 is 15.9 Å². The Morgan fingerprint density at radius 1 is 1.89 bits per heavy atom. The SMILES string of the molecule is CCOC(C)(Br)[N+](=O)[O-]. The van der Waals surface area contributed by atoms with Crippen molar-refractivity contribution in [3.63, 3.8) is 0 Å². The molecule has 5 heteroatoms. The molecule has 54 valence electrons.